The van der Waals surface area contributed by atoms with E-state index < -0.39 is 0 Å². The topological polar surface area (TPSA) is 89.9 Å². The van der Waals surface area contributed by atoms with Crippen molar-refractivity contribution in [2.24, 2.45) is 13.0 Å². The van der Waals surface area contributed by atoms with Crippen molar-refractivity contribution < 1.29 is 19.0 Å². The summed E-state index contributed by atoms with van der Waals surface area (Å²) in [5.74, 6) is 3.15. The van der Waals surface area contributed by atoms with Crippen LogP contribution in [0.2, 0.25) is 0 Å². The first kappa shape index (κ1) is 25.0. The third kappa shape index (κ3) is 5.22. The molecule has 6 rings (SSSR count). The molecule has 3 aliphatic rings. The van der Waals surface area contributed by atoms with Gasteiger partial charge in [-0.2, -0.15) is 5.10 Å². The zero-order valence-corrected chi connectivity index (χ0v) is 21.9. The Bertz CT molecular complexity index is 1240. The van der Waals surface area contributed by atoms with Crippen LogP contribution in [0.4, 0.5) is 10.5 Å². The summed E-state index contributed by atoms with van der Waals surface area (Å²) in [6.45, 7) is 2.67. The first-order chi connectivity index (χ1) is 18.0. The fourth-order valence-electron chi connectivity index (χ4n) is 5.71. The molecule has 1 aromatic heterocycles. The number of hydrogen-bond acceptors (Lipinski definition) is 6. The summed E-state index contributed by atoms with van der Waals surface area (Å²) in [4.78, 5) is 15.0. The van der Waals surface area contributed by atoms with Crippen molar-refractivity contribution in [1.82, 2.24) is 20.0 Å². The van der Waals surface area contributed by atoms with Crippen LogP contribution >= 0.6 is 0 Å². The Morgan fingerprint density at radius 1 is 1.03 bits per heavy atom. The highest BCUT2D eigenvalue weighted by atomic mass is 16.5. The molecule has 0 radical (unpaired) electrons. The average molecular weight is 506 g/mol. The molecule has 0 aliphatic carbocycles. The van der Waals surface area contributed by atoms with Crippen molar-refractivity contribution in [3.05, 3.63) is 54.2 Å². The summed E-state index contributed by atoms with van der Waals surface area (Å²) >= 11 is 0. The van der Waals surface area contributed by atoms with Gasteiger partial charge in [0.05, 0.1) is 27.0 Å². The number of nitrogens with zero attached hydrogens (tertiary/aromatic N) is 3. The Morgan fingerprint density at radius 2 is 1.81 bits per heavy atom. The number of carbonyl (C=O) groups excluding carboxylic acids is 1. The Hall–Kier alpha value is -3.72. The summed E-state index contributed by atoms with van der Waals surface area (Å²) < 4.78 is 18.0. The van der Waals surface area contributed by atoms with E-state index in [2.05, 4.69) is 21.6 Å². The maximum atomic E-state index is 12.5. The first-order valence-electron chi connectivity index (χ1n) is 12.7. The normalized spacial score (nSPS) is 22.4. The summed E-state index contributed by atoms with van der Waals surface area (Å²) in [6.07, 6.45) is 2.22. The largest absolute Gasteiger partial charge is 0.497 e. The van der Waals surface area contributed by atoms with Crippen molar-refractivity contribution in [2.45, 2.75) is 24.8 Å². The van der Waals surface area contributed by atoms with Crippen molar-refractivity contribution >= 4 is 11.7 Å². The lowest BCUT2D eigenvalue weighted by Crippen LogP contribution is -2.56. The highest BCUT2D eigenvalue weighted by Gasteiger charge is 2.41. The molecule has 9 heteroatoms. The van der Waals surface area contributed by atoms with Gasteiger partial charge in [-0.3, -0.25) is 9.58 Å². The second-order valence-corrected chi connectivity index (χ2v) is 9.75. The van der Waals surface area contributed by atoms with Crippen LogP contribution in [0.5, 0.6) is 17.2 Å². The molecule has 196 valence electrons. The monoisotopic (exact) mass is 505 g/mol. The van der Waals surface area contributed by atoms with E-state index in [1.54, 1.807) is 21.3 Å². The van der Waals surface area contributed by atoms with Crippen LogP contribution < -0.4 is 24.8 Å². The molecule has 4 heterocycles. The van der Waals surface area contributed by atoms with Gasteiger partial charge < -0.3 is 24.8 Å². The number of carbonyl (C=O) groups is 1. The number of rotatable bonds is 8. The van der Waals surface area contributed by atoms with Crippen LogP contribution in [0.1, 0.15) is 24.5 Å². The van der Waals surface area contributed by atoms with Crippen LogP contribution in [-0.2, 0) is 7.05 Å². The van der Waals surface area contributed by atoms with E-state index in [0.717, 1.165) is 48.6 Å². The number of benzene rings is 2. The predicted octanol–water partition coefficient (Wildman–Crippen LogP) is 4.11. The van der Waals surface area contributed by atoms with E-state index in [0.29, 0.717) is 35.9 Å². The third-order valence-electron chi connectivity index (χ3n) is 7.70. The molecular formula is C28H35N5O4. The number of anilines is 1. The SMILES string of the molecule is COc1ccc(NC(=O)NC[C@H]2C[C@@H]3CCN2C[C@@H]3c2cc(-c3ccc(OC)c(OC)c3)nn2C)cc1. The number of fused-ring (bicyclic) bond motifs is 3. The third-order valence-corrected chi connectivity index (χ3v) is 7.70. The molecule has 3 aliphatic heterocycles. The van der Waals surface area contributed by atoms with Crippen molar-refractivity contribution in [2.75, 3.05) is 46.3 Å². The summed E-state index contributed by atoms with van der Waals surface area (Å²) in [6, 6.07) is 15.6. The molecule has 2 N–H and O–H groups in total. The van der Waals surface area contributed by atoms with Gasteiger partial charge in [0.1, 0.15) is 5.75 Å². The maximum Gasteiger partial charge on any atom is 0.319 e. The van der Waals surface area contributed by atoms with E-state index in [4.69, 9.17) is 19.3 Å². The van der Waals surface area contributed by atoms with Gasteiger partial charge in [0.25, 0.3) is 0 Å². The molecule has 2 bridgehead atoms. The van der Waals surface area contributed by atoms with Crippen molar-refractivity contribution in [3.8, 4) is 28.5 Å². The number of aromatic nitrogens is 2. The minimum absolute atomic E-state index is 0.185. The van der Waals surface area contributed by atoms with Crippen LogP contribution in [-0.4, -0.2) is 67.7 Å². The predicted molar refractivity (Wildman–Crippen MR) is 143 cm³/mol. The van der Waals surface area contributed by atoms with Gasteiger partial charge in [-0.1, -0.05) is 0 Å². The number of ether oxygens (including phenoxy) is 3. The minimum Gasteiger partial charge on any atom is -0.497 e. The van der Waals surface area contributed by atoms with Gasteiger partial charge >= 0.3 is 6.03 Å². The second-order valence-electron chi connectivity index (χ2n) is 9.75. The summed E-state index contributed by atoms with van der Waals surface area (Å²) in [5, 5.41) is 10.8. The van der Waals surface area contributed by atoms with Crippen LogP contribution in [0.3, 0.4) is 0 Å². The summed E-state index contributed by atoms with van der Waals surface area (Å²) in [5.41, 5.74) is 3.93. The number of nitrogens with one attached hydrogen (secondary N) is 2. The average Bonchev–Trinajstić information content (AvgIpc) is 3.33. The van der Waals surface area contributed by atoms with Crippen LogP contribution in [0.15, 0.2) is 48.5 Å². The molecule has 4 atom stereocenters. The molecule has 1 unspecified atom stereocenters. The van der Waals surface area contributed by atoms with E-state index in [9.17, 15) is 4.79 Å². The zero-order chi connectivity index (χ0) is 25.9. The zero-order valence-electron chi connectivity index (χ0n) is 21.9. The molecular weight excluding hydrogens is 470 g/mol. The fraction of sp³-hybridized carbons (Fsp3) is 0.429. The Balaban J connectivity index is 1.21. The van der Waals surface area contributed by atoms with Gasteiger partial charge in [-0.25, -0.2) is 4.79 Å². The van der Waals surface area contributed by atoms with E-state index in [1.165, 1.54) is 5.69 Å². The maximum absolute atomic E-state index is 12.5. The Labute approximate surface area is 217 Å². The minimum atomic E-state index is -0.185. The lowest BCUT2D eigenvalue weighted by atomic mass is 9.74. The Morgan fingerprint density at radius 3 is 2.49 bits per heavy atom. The number of urea groups is 1. The van der Waals surface area contributed by atoms with E-state index in [1.807, 2.05) is 54.2 Å². The molecule has 3 fully saturated rings. The molecule has 9 nitrogen and oxygen atoms in total. The summed E-state index contributed by atoms with van der Waals surface area (Å²) in [7, 11) is 6.94. The molecule has 3 saturated heterocycles. The van der Waals surface area contributed by atoms with Gasteiger partial charge in [0, 0.05) is 49.0 Å². The standard InChI is InChI=1S/C28H35N5O4/c1-32-25(15-24(31-32)19-5-10-26(36-3)27(14-19)37-4)23-17-33-12-11-18(23)13-21(33)16-29-28(34)30-20-6-8-22(35-2)9-7-20/h5-10,14-15,18,21,23H,11-13,16-17H2,1-4H3,(H2,29,30,34)/t18-,21+,23-/m0/s1. The molecule has 37 heavy (non-hydrogen) atoms. The Kier molecular flexibility index (Phi) is 7.23. The smallest absolute Gasteiger partial charge is 0.319 e. The first-order valence-corrected chi connectivity index (χ1v) is 12.7. The highest BCUT2D eigenvalue weighted by Crippen LogP contribution is 2.42. The van der Waals surface area contributed by atoms with Crippen LogP contribution in [0.25, 0.3) is 11.3 Å². The van der Waals surface area contributed by atoms with Gasteiger partial charge in [-0.15, -0.1) is 0 Å². The van der Waals surface area contributed by atoms with Crippen LogP contribution in [0, 0.1) is 5.92 Å². The molecule has 3 aromatic rings. The lowest BCUT2D eigenvalue weighted by Gasteiger charge is -2.49. The van der Waals surface area contributed by atoms with Gasteiger partial charge in [0.15, 0.2) is 11.5 Å². The number of amides is 2. The fourth-order valence-corrected chi connectivity index (χ4v) is 5.71. The van der Waals surface area contributed by atoms with Crippen molar-refractivity contribution in [3.63, 3.8) is 0 Å². The number of piperidine rings is 3. The highest BCUT2D eigenvalue weighted by molar-refractivity contribution is 5.89. The van der Waals surface area contributed by atoms with Gasteiger partial charge in [0.2, 0.25) is 0 Å². The molecule has 0 saturated carbocycles. The second kappa shape index (κ2) is 10.7. The number of aryl methyl sites for hydroxylation is 1. The number of hydrogen-bond donors (Lipinski definition) is 2. The lowest BCUT2D eigenvalue weighted by molar-refractivity contribution is 0.0296. The van der Waals surface area contributed by atoms with Crippen molar-refractivity contribution in [1.29, 1.82) is 0 Å². The molecule has 2 aromatic carbocycles. The molecule has 0 spiro atoms. The molecule has 2 amide bonds. The quantitative estimate of drug-likeness (QED) is 0.479. The van der Waals surface area contributed by atoms with E-state index >= 15 is 0 Å². The van der Waals surface area contributed by atoms with E-state index in [-0.39, 0.29) is 6.03 Å². The number of methoxy groups -OCH3 is 3. The van der Waals surface area contributed by atoms with Gasteiger partial charge in [-0.05, 0) is 73.8 Å².